The number of carbonyl (C=O) groups is 3. The first kappa shape index (κ1) is 21.7. The number of benzene rings is 1. The summed E-state index contributed by atoms with van der Waals surface area (Å²) in [4.78, 5) is 28.2. The van der Waals surface area contributed by atoms with Gasteiger partial charge in [-0.25, -0.2) is 4.79 Å². The van der Waals surface area contributed by atoms with Crippen LogP contribution < -0.4 is 0 Å². The van der Waals surface area contributed by atoms with Crippen LogP contribution in [0.25, 0.3) is 0 Å². The van der Waals surface area contributed by atoms with Crippen molar-refractivity contribution in [2.75, 3.05) is 0 Å². The van der Waals surface area contributed by atoms with Crippen molar-refractivity contribution in [1.82, 2.24) is 0 Å². The molecule has 1 aromatic carbocycles. The molecule has 1 aromatic rings. The summed E-state index contributed by atoms with van der Waals surface area (Å²) in [6.07, 6.45) is 0. The number of aliphatic carboxylic acids is 2. The molecule has 0 saturated heterocycles. The highest BCUT2D eigenvalue weighted by atomic mass is 24.3. The summed E-state index contributed by atoms with van der Waals surface area (Å²) in [6.45, 7) is 2.17. The second kappa shape index (κ2) is 13.5. The van der Waals surface area contributed by atoms with E-state index >= 15 is 0 Å². The molecule has 0 amide bonds. The quantitative estimate of drug-likeness (QED) is 0.645. The second-order valence-corrected chi connectivity index (χ2v) is 2.71. The van der Waals surface area contributed by atoms with Gasteiger partial charge in [0.05, 0.1) is 5.56 Å². The van der Waals surface area contributed by atoms with Gasteiger partial charge in [-0.05, 0) is 12.1 Å². The lowest BCUT2D eigenvalue weighted by Gasteiger charge is -1.88. The van der Waals surface area contributed by atoms with Crippen LogP contribution in [0.3, 0.4) is 0 Å². The van der Waals surface area contributed by atoms with Gasteiger partial charge in [-0.2, -0.15) is 0 Å². The molecule has 0 aliphatic heterocycles. The molecule has 1 rings (SSSR count). The minimum absolute atomic E-state index is 0. The molecule has 0 aliphatic carbocycles. The predicted molar refractivity (Wildman–Crippen MR) is 68.6 cm³/mol. The first-order valence-electron chi connectivity index (χ1n) is 4.44. The summed E-state index contributed by atoms with van der Waals surface area (Å²) in [6, 6.07) is 8.30. The maximum Gasteiger partial charge on any atom is 0.335 e. The Bertz CT molecular complexity index is 343. The highest BCUT2D eigenvalue weighted by Crippen LogP contribution is 1.96. The Morgan fingerprint density at radius 1 is 0.833 bits per heavy atom. The molecule has 0 fully saturated rings. The number of rotatable bonds is 1. The first-order chi connectivity index (χ1) is 7.77. The molecule has 0 radical (unpaired) electrons. The van der Waals surface area contributed by atoms with Crippen molar-refractivity contribution in [3.05, 3.63) is 35.9 Å². The predicted octanol–water partition coefficient (Wildman–Crippen LogP) is 0.650. The third-order valence-electron chi connectivity index (χ3n) is 1.02. The standard InChI is InChI=1S/C7H6O2.2C2H4O2.Mg.2H/c8-7(9)6-4-2-1-3-5-6;2*1-2(3)4;;;/h1-5H,(H,8,9);2*1H3,(H,3,4);;;. The minimum atomic E-state index is -0.879. The van der Waals surface area contributed by atoms with Gasteiger partial charge in [-0.3, -0.25) is 9.59 Å². The van der Waals surface area contributed by atoms with Gasteiger partial charge in [-0.15, -0.1) is 0 Å². The molecule has 0 aromatic heterocycles. The Kier molecular flexibility index (Phi) is 16.2. The smallest absolute Gasteiger partial charge is 0.335 e. The topological polar surface area (TPSA) is 112 Å². The molecule has 3 N–H and O–H groups in total. The van der Waals surface area contributed by atoms with Gasteiger partial charge in [0.25, 0.3) is 11.9 Å². The van der Waals surface area contributed by atoms with Gasteiger partial charge in [0.15, 0.2) is 0 Å². The van der Waals surface area contributed by atoms with Crippen LogP contribution in [-0.4, -0.2) is 56.3 Å². The average molecular weight is 269 g/mol. The van der Waals surface area contributed by atoms with Crippen LogP contribution in [-0.2, 0) is 9.59 Å². The van der Waals surface area contributed by atoms with Crippen molar-refractivity contribution in [3.63, 3.8) is 0 Å². The SMILES string of the molecule is CC(=O)O.CC(=O)O.O=C(O)c1ccccc1.[MgH2]. The Morgan fingerprint density at radius 3 is 1.28 bits per heavy atom. The number of carboxylic acids is 3. The summed E-state index contributed by atoms with van der Waals surface area (Å²) < 4.78 is 0. The van der Waals surface area contributed by atoms with E-state index in [1.54, 1.807) is 30.3 Å². The molecule has 0 atom stereocenters. The molecule has 0 saturated carbocycles. The van der Waals surface area contributed by atoms with E-state index in [-0.39, 0.29) is 23.1 Å². The van der Waals surface area contributed by atoms with E-state index < -0.39 is 17.9 Å². The van der Waals surface area contributed by atoms with E-state index in [1.807, 2.05) is 0 Å². The fourth-order valence-electron chi connectivity index (χ4n) is 0.581. The number of hydrogen-bond acceptors (Lipinski definition) is 3. The fourth-order valence-corrected chi connectivity index (χ4v) is 0.581. The van der Waals surface area contributed by atoms with Crippen LogP contribution in [0.15, 0.2) is 30.3 Å². The minimum Gasteiger partial charge on any atom is -0.481 e. The van der Waals surface area contributed by atoms with Gasteiger partial charge in [0.2, 0.25) is 0 Å². The summed E-state index contributed by atoms with van der Waals surface area (Å²) in [5.74, 6) is -2.55. The molecular weight excluding hydrogens is 252 g/mol. The van der Waals surface area contributed by atoms with Gasteiger partial charge < -0.3 is 15.3 Å². The third-order valence-corrected chi connectivity index (χ3v) is 1.02. The molecule has 0 aliphatic rings. The van der Waals surface area contributed by atoms with Gasteiger partial charge in [0, 0.05) is 13.8 Å². The number of hydrogen-bond donors (Lipinski definition) is 3. The van der Waals surface area contributed by atoms with Gasteiger partial charge in [-0.1, -0.05) is 18.2 Å². The maximum absolute atomic E-state index is 10.2. The van der Waals surface area contributed by atoms with E-state index in [0.717, 1.165) is 13.8 Å². The highest BCUT2D eigenvalue weighted by Gasteiger charge is 1.96. The molecule has 0 spiro atoms. The zero-order valence-corrected chi connectivity index (χ0v) is 9.45. The lowest BCUT2D eigenvalue weighted by atomic mass is 10.2. The Labute approximate surface area is 120 Å². The van der Waals surface area contributed by atoms with E-state index in [2.05, 4.69) is 0 Å². The van der Waals surface area contributed by atoms with E-state index in [9.17, 15) is 4.79 Å². The fraction of sp³-hybridized carbons (Fsp3) is 0.182. The van der Waals surface area contributed by atoms with Crippen molar-refractivity contribution >= 4 is 41.0 Å². The average Bonchev–Trinajstić information content (AvgIpc) is 2.17. The van der Waals surface area contributed by atoms with Gasteiger partial charge >= 0.3 is 29.0 Å². The van der Waals surface area contributed by atoms with Crippen molar-refractivity contribution in [3.8, 4) is 0 Å². The van der Waals surface area contributed by atoms with Crippen LogP contribution in [0.1, 0.15) is 24.2 Å². The number of carboxylic acid groups (broad SMARTS) is 3. The molecule has 0 bridgehead atoms. The van der Waals surface area contributed by atoms with Gasteiger partial charge in [0.1, 0.15) is 0 Å². The molecular formula is C11H16MgO6. The van der Waals surface area contributed by atoms with Crippen molar-refractivity contribution < 1.29 is 29.7 Å². The van der Waals surface area contributed by atoms with Crippen LogP contribution in [0.2, 0.25) is 0 Å². The lowest BCUT2D eigenvalue weighted by Crippen LogP contribution is -1.93. The molecule has 7 heteroatoms. The van der Waals surface area contributed by atoms with Crippen LogP contribution in [0.5, 0.6) is 0 Å². The molecule has 6 nitrogen and oxygen atoms in total. The molecule has 0 heterocycles. The summed E-state index contributed by atoms with van der Waals surface area (Å²) >= 11 is 0. The highest BCUT2D eigenvalue weighted by molar-refractivity contribution is 5.87. The van der Waals surface area contributed by atoms with Crippen molar-refractivity contribution in [2.24, 2.45) is 0 Å². The third kappa shape index (κ3) is 23.9. The normalized spacial score (nSPS) is 7.22. The van der Waals surface area contributed by atoms with Crippen LogP contribution in [0.4, 0.5) is 0 Å². The summed E-state index contributed by atoms with van der Waals surface area (Å²) in [7, 11) is 0. The Balaban J connectivity index is -0.000000214. The summed E-state index contributed by atoms with van der Waals surface area (Å²) in [5, 5.41) is 23.2. The van der Waals surface area contributed by atoms with Crippen molar-refractivity contribution in [2.45, 2.75) is 13.8 Å². The molecule has 18 heavy (non-hydrogen) atoms. The Morgan fingerprint density at radius 2 is 1.11 bits per heavy atom. The Hall–Kier alpha value is -1.60. The van der Waals surface area contributed by atoms with E-state index in [1.165, 1.54) is 0 Å². The molecule has 98 valence electrons. The zero-order chi connectivity index (χ0) is 13.8. The monoisotopic (exact) mass is 268 g/mol. The van der Waals surface area contributed by atoms with Crippen LogP contribution in [0, 0.1) is 0 Å². The second-order valence-electron chi connectivity index (χ2n) is 2.71. The molecule has 0 unspecified atom stereocenters. The van der Waals surface area contributed by atoms with E-state index in [4.69, 9.17) is 24.9 Å². The van der Waals surface area contributed by atoms with E-state index in [0.29, 0.717) is 5.56 Å². The number of aromatic carboxylic acids is 1. The van der Waals surface area contributed by atoms with Crippen molar-refractivity contribution in [1.29, 1.82) is 0 Å². The van der Waals surface area contributed by atoms with Crippen LogP contribution >= 0.6 is 0 Å². The zero-order valence-electron chi connectivity index (χ0n) is 9.45. The largest absolute Gasteiger partial charge is 0.481 e. The maximum atomic E-state index is 10.2. The summed E-state index contributed by atoms with van der Waals surface area (Å²) in [5.41, 5.74) is 0.331. The lowest BCUT2D eigenvalue weighted by molar-refractivity contribution is -0.135. The first-order valence-corrected chi connectivity index (χ1v) is 4.44.